The van der Waals surface area contributed by atoms with E-state index in [4.69, 9.17) is 9.47 Å². The third kappa shape index (κ3) is 2.43. The van der Waals surface area contributed by atoms with Crippen molar-refractivity contribution in [2.75, 3.05) is 26.3 Å². The van der Waals surface area contributed by atoms with Crippen molar-refractivity contribution in [2.24, 2.45) is 0 Å². The predicted octanol–water partition coefficient (Wildman–Crippen LogP) is 2.81. The molecule has 0 bridgehead atoms. The number of nitrogens with one attached hydrogen (secondary N) is 1. The number of hydrogen-bond acceptors (Lipinski definition) is 3. The molecule has 5 heteroatoms. The zero-order valence-corrected chi connectivity index (χ0v) is 14.3. The quantitative estimate of drug-likeness (QED) is 0.922. The number of hydrogen-bond donors (Lipinski definition) is 1. The molecular weight excluding hydrogens is 304 g/mol. The summed E-state index contributed by atoms with van der Waals surface area (Å²) in [6, 6.07) is 8.13. The van der Waals surface area contributed by atoms with E-state index in [1.54, 1.807) is 0 Å². The van der Waals surface area contributed by atoms with Crippen molar-refractivity contribution in [1.29, 1.82) is 0 Å². The number of carbonyl (C=O) groups excluding carboxylic acids is 1. The van der Waals surface area contributed by atoms with Gasteiger partial charge < -0.3 is 19.4 Å². The summed E-state index contributed by atoms with van der Waals surface area (Å²) >= 11 is 0. The molecule has 0 atom stereocenters. The second-order valence-electron chi connectivity index (χ2n) is 7.27. The molecule has 2 fully saturated rings. The van der Waals surface area contributed by atoms with Gasteiger partial charge in [0.15, 0.2) is 5.79 Å². The lowest BCUT2D eigenvalue weighted by Crippen LogP contribution is -2.51. The van der Waals surface area contributed by atoms with E-state index >= 15 is 0 Å². The second kappa shape index (κ2) is 5.60. The van der Waals surface area contributed by atoms with E-state index in [9.17, 15) is 4.79 Å². The molecule has 0 saturated carbocycles. The molecule has 24 heavy (non-hydrogen) atoms. The lowest BCUT2D eigenvalue weighted by Gasteiger charge is -2.40. The van der Waals surface area contributed by atoms with Crippen LogP contribution in [0.5, 0.6) is 0 Å². The Morgan fingerprint density at radius 1 is 1.17 bits per heavy atom. The Hall–Kier alpha value is -1.85. The van der Waals surface area contributed by atoms with Crippen LogP contribution < -0.4 is 0 Å². The smallest absolute Gasteiger partial charge is 0.232 e. The molecule has 1 spiro atoms. The number of fused-ring (bicyclic) bond motifs is 1. The molecule has 2 saturated heterocycles. The summed E-state index contributed by atoms with van der Waals surface area (Å²) in [5.41, 5.74) is 1.55. The van der Waals surface area contributed by atoms with Crippen LogP contribution in [0.3, 0.4) is 0 Å². The molecule has 2 aliphatic heterocycles. The minimum Gasteiger partial charge on any atom is -0.361 e. The first kappa shape index (κ1) is 15.7. The Balaban J connectivity index is 1.55. The topological polar surface area (TPSA) is 54.6 Å². The van der Waals surface area contributed by atoms with E-state index in [2.05, 4.69) is 11.1 Å². The van der Waals surface area contributed by atoms with Gasteiger partial charge in [0.05, 0.1) is 18.6 Å². The van der Waals surface area contributed by atoms with Gasteiger partial charge in [0, 0.05) is 43.0 Å². The standard InChI is InChI=1S/C19H24N2O3/c1-18(2,15-13-20-16-6-4-3-5-14(15)16)17(22)21-9-7-19(8-10-21)23-11-12-24-19/h3-6,13,20H,7-12H2,1-2H3. The van der Waals surface area contributed by atoms with Crippen molar-refractivity contribution in [2.45, 2.75) is 37.9 Å². The van der Waals surface area contributed by atoms with E-state index in [1.807, 2.05) is 43.1 Å². The summed E-state index contributed by atoms with van der Waals surface area (Å²) in [5.74, 6) is -0.276. The molecule has 128 valence electrons. The van der Waals surface area contributed by atoms with Crippen molar-refractivity contribution in [1.82, 2.24) is 9.88 Å². The Kier molecular flexibility index (Phi) is 3.66. The number of ether oxygens (including phenoxy) is 2. The van der Waals surface area contributed by atoms with Crippen LogP contribution in [-0.2, 0) is 19.7 Å². The van der Waals surface area contributed by atoms with E-state index < -0.39 is 11.2 Å². The van der Waals surface area contributed by atoms with Gasteiger partial charge >= 0.3 is 0 Å². The summed E-state index contributed by atoms with van der Waals surface area (Å²) in [4.78, 5) is 18.4. The largest absolute Gasteiger partial charge is 0.361 e. The number of amides is 1. The van der Waals surface area contributed by atoms with Crippen LogP contribution in [0.1, 0.15) is 32.3 Å². The molecule has 0 aliphatic carbocycles. The Bertz CT molecular complexity index is 749. The average Bonchev–Trinajstić information content (AvgIpc) is 3.22. The minimum atomic E-state index is -0.568. The molecule has 0 radical (unpaired) electrons. The summed E-state index contributed by atoms with van der Waals surface area (Å²) in [6.07, 6.45) is 3.47. The van der Waals surface area contributed by atoms with Crippen LogP contribution in [0.25, 0.3) is 10.9 Å². The Morgan fingerprint density at radius 2 is 1.83 bits per heavy atom. The molecule has 2 aliphatic rings. The monoisotopic (exact) mass is 328 g/mol. The number of aromatic nitrogens is 1. The molecule has 4 rings (SSSR count). The fraction of sp³-hybridized carbons (Fsp3) is 0.526. The van der Waals surface area contributed by atoms with Crippen LogP contribution in [0.4, 0.5) is 0 Å². The molecule has 1 amide bonds. The van der Waals surface area contributed by atoms with E-state index in [0.717, 1.165) is 29.3 Å². The zero-order chi connectivity index (χ0) is 16.8. The average molecular weight is 328 g/mol. The van der Waals surface area contributed by atoms with E-state index in [-0.39, 0.29) is 5.91 Å². The number of rotatable bonds is 2. The molecule has 5 nitrogen and oxygen atoms in total. The number of aromatic amines is 1. The highest BCUT2D eigenvalue weighted by Gasteiger charge is 2.43. The number of H-pyrrole nitrogens is 1. The maximum absolute atomic E-state index is 13.2. The normalized spacial score (nSPS) is 20.8. The fourth-order valence-corrected chi connectivity index (χ4v) is 3.94. The predicted molar refractivity (Wildman–Crippen MR) is 91.8 cm³/mol. The molecule has 1 aromatic carbocycles. The zero-order valence-electron chi connectivity index (χ0n) is 14.3. The first-order valence-electron chi connectivity index (χ1n) is 8.66. The van der Waals surface area contributed by atoms with E-state index in [0.29, 0.717) is 26.3 Å². The van der Waals surface area contributed by atoms with Crippen molar-refractivity contribution in [3.05, 3.63) is 36.0 Å². The maximum atomic E-state index is 13.2. The SMILES string of the molecule is CC(C)(C(=O)N1CCC2(CC1)OCCO2)c1c[nH]c2ccccc12. The van der Waals surface area contributed by atoms with Gasteiger partial charge in [-0.05, 0) is 25.5 Å². The summed E-state index contributed by atoms with van der Waals surface area (Å²) in [7, 11) is 0. The first-order valence-corrected chi connectivity index (χ1v) is 8.66. The molecule has 3 heterocycles. The molecule has 2 aromatic rings. The van der Waals surface area contributed by atoms with Crippen LogP contribution in [0, 0.1) is 0 Å². The van der Waals surface area contributed by atoms with Gasteiger partial charge in [-0.25, -0.2) is 0 Å². The van der Waals surface area contributed by atoms with Crippen LogP contribution in [0.15, 0.2) is 30.5 Å². The van der Waals surface area contributed by atoms with Gasteiger partial charge in [-0.2, -0.15) is 0 Å². The van der Waals surface area contributed by atoms with E-state index in [1.165, 1.54) is 0 Å². The van der Waals surface area contributed by atoms with Crippen LogP contribution in [-0.4, -0.2) is 47.9 Å². The molecular formula is C19H24N2O3. The molecule has 0 unspecified atom stereocenters. The third-order valence-electron chi connectivity index (χ3n) is 5.42. The summed E-state index contributed by atoms with van der Waals surface area (Å²) in [5, 5.41) is 1.12. The van der Waals surface area contributed by atoms with Crippen LogP contribution >= 0.6 is 0 Å². The number of piperidine rings is 1. The lowest BCUT2D eigenvalue weighted by molar-refractivity contribution is -0.188. The number of para-hydroxylation sites is 1. The second-order valence-corrected chi connectivity index (χ2v) is 7.27. The number of benzene rings is 1. The number of likely N-dealkylation sites (tertiary alicyclic amines) is 1. The Morgan fingerprint density at radius 3 is 2.54 bits per heavy atom. The van der Waals surface area contributed by atoms with Crippen molar-refractivity contribution < 1.29 is 14.3 Å². The number of carbonyl (C=O) groups is 1. The van der Waals surface area contributed by atoms with Crippen LogP contribution in [0.2, 0.25) is 0 Å². The van der Waals surface area contributed by atoms with Gasteiger partial charge in [0.1, 0.15) is 0 Å². The highest BCUT2D eigenvalue weighted by molar-refractivity contribution is 5.94. The van der Waals surface area contributed by atoms with Gasteiger partial charge in [0.2, 0.25) is 5.91 Å². The van der Waals surface area contributed by atoms with Gasteiger partial charge in [0.25, 0.3) is 0 Å². The highest BCUT2D eigenvalue weighted by atomic mass is 16.7. The van der Waals surface area contributed by atoms with Crippen molar-refractivity contribution in [3.8, 4) is 0 Å². The first-order chi connectivity index (χ1) is 11.5. The van der Waals surface area contributed by atoms with Crippen molar-refractivity contribution >= 4 is 16.8 Å². The molecule has 1 N–H and O–H groups in total. The highest BCUT2D eigenvalue weighted by Crippen LogP contribution is 2.36. The fourth-order valence-electron chi connectivity index (χ4n) is 3.94. The third-order valence-corrected chi connectivity index (χ3v) is 5.42. The lowest BCUT2D eigenvalue weighted by atomic mass is 9.82. The van der Waals surface area contributed by atoms with Crippen molar-refractivity contribution in [3.63, 3.8) is 0 Å². The van der Waals surface area contributed by atoms with Gasteiger partial charge in [-0.15, -0.1) is 0 Å². The summed E-state index contributed by atoms with van der Waals surface area (Å²) in [6.45, 7) is 6.72. The summed E-state index contributed by atoms with van der Waals surface area (Å²) < 4.78 is 11.5. The van der Waals surface area contributed by atoms with Gasteiger partial charge in [-0.1, -0.05) is 18.2 Å². The maximum Gasteiger partial charge on any atom is 0.232 e. The molecule has 1 aromatic heterocycles. The number of nitrogens with zero attached hydrogens (tertiary/aromatic N) is 1. The Labute approximate surface area is 141 Å². The minimum absolute atomic E-state index is 0.167. The van der Waals surface area contributed by atoms with Gasteiger partial charge in [-0.3, -0.25) is 4.79 Å².